The first-order valence-corrected chi connectivity index (χ1v) is 26.0. The summed E-state index contributed by atoms with van der Waals surface area (Å²) in [5.74, 6) is 4.42. The molecule has 0 saturated heterocycles. The summed E-state index contributed by atoms with van der Waals surface area (Å²) in [6, 6.07) is 86.3. The van der Waals surface area contributed by atoms with Gasteiger partial charge < -0.3 is 13.6 Å². The van der Waals surface area contributed by atoms with Crippen LogP contribution in [-0.2, 0) is 0 Å². The van der Waals surface area contributed by atoms with Crippen molar-refractivity contribution < 1.29 is 4.42 Å². The number of rotatable bonds is 10. The van der Waals surface area contributed by atoms with E-state index >= 15 is 0 Å². The molecule has 0 fully saturated rings. The molecule has 15 aromatic rings. The van der Waals surface area contributed by atoms with E-state index < -0.39 is 0 Å². The van der Waals surface area contributed by atoms with Crippen molar-refractivity contribution in [3.8, 4) is 103 Å². The standard InChI is InChI=1S/C68H42N10O/c1-5-21-43(22-6-1)61-69-62(44-23-7-2-8-24-44)72-65(71-61)47-29-17-31-49(41-47)77-55-37-15-13-33-51(55)59-53(35-19-39-57(59)77)67-75-76-68(79-67)54-36-20-40-58-60(54)52-34-14-16-38-56(52)78(58)50-32-18-30-48(42-50)66-73-63(45-25-9-3-10-26-45)70-64(74-66)46-27-11-4-12-28-46/h1-42H. The van der Waals surface area contributed by atoms with Crippen molar-refractivity contribution in [2.45, 2.75) is 0 Å². The third-order valence-corrected chi connectivity index (χ3v) is 14.4. The van der Waals surface area contributed by atoms with Crippen LogP contribution in [0.4, 0.5) is 0 Å². The van der Waals surface area contributed by atoms with Gasteiger partial charge in [-0.2, -0.15) is 0 Å². The normalized spacial score (nSPS) is 11.5. The lowest BCUT2D eigenvalue weighted by Crippen LogP contribution is -2.01. The fraction of sp³-hybridized carbons (Fsp3) is 0. The Bertz CT molecular complexity index is 4370. The number of para-hydroxylation sites is 2. The monoisotopic (exact) mass is 1010 g/mol. The fourth-order valence-electron chi connectivity index (χ4n) is 10.8. The van der Waals surface area contributed by atoms with Gasteiger partial charge in [-0.15, -0.1) is 10.2 Å². The van der Waals surface area contributed by atoms with Crippen LogP contribution < -0.4 is 0 Å². The molecular weight excluding hydrogens is 973 g/mol. The number of hydrogen-bond donors (Lipinski definition) is 0. The number of benzene rings is 10. The van der Waals surface area contributed by atoms with E-state index in [1.54, 1.807) is 0 Å². The van der Waals surface area contributed by atoms with Crippen LogP contribution in [0.15, 0.2) is 259 Å². The first kappa shape index (κ1) is 45.4. The van der Waals surface area contributed by atoms with Crippen LogP contribution in [0.3, 0.4) is 0 Å². The molecule has 0 amide bonds. The van der Waals surface area contributed by atoms with Crippen LogP contribution in [0, 0.1) is 0 Å². The number of nitrogens with zero attached hydrogens (tertiary/aromatic N) is 10. The maximum Gasteiger partial charge on any atom is 0.248 e. The van der Waals surface area contributed by atoms with Gasteiger partial charge in [0, 0.05) is 77.4 Å². The first-order valence-electron chi connectivity index (χ1n) is 26.0. The second-order valence-corrected chi connectivity index (χ2v) is 19.2. The van der Waals surface area contributed by atoms with Gasteiger partial charge in [0.05, 0.1) is 22.1 Å². The highest BCUT2D eigenvalue weighted by atomic mass is 16.4. The van der Waals surface area contributed by atoms with Crippen LogP contribution in [0.1, 0.15) is 0 Å². The van der Waals surface area contributed by atoms with Crippen molar-refractivity contribution in [3.63, 3.8) is 0 Å². The minimum Gasteiger partial charge on any atom is -0.416 e. The molecule has 0 atom stereocenters. The maximum atomic E-state index is 6.86. The van der Waals surface area contributed by atoms with Gasteiger partial charge in [-0.1, -0.05) is 194 Å². The zero-order valence-electron chi connectivity index (χ0n) is 42.1. The van der Waals surface area contributed by atoms with Gasteiger partial charge in [-0.25, -0.2) is 29.9 Å². The van der Waals surface area contributed by atoms with Crippen LogP contribution in [0.2, 0.25) is 0 Å². The number of fused-ring (bicyclic) bond motifs is 6. The molecule has 0 spiro atoms. The van der Waals surface area contributed by atoms with E-state index in [1.807, 2.05) is 121 Å². The zero-order valence-corrected chi connectivity index (χ0v) is 42.1. The SMILES string of the molecule is c1ccc(-c2nc(-c3ccccc3)nc(-c3cccc(-n4c5ccccc5c5c(-c6nnc(-c7cccc8c7c7ccccc7n8-c7cccc(-c8nc(-c9ccccc9)nc(-c9ccccc9)n8)c7)o6)cccc54)c3)n2)cc1. The highest BCUT2D eigenvalue weighted by Crippen LogP contribution is 2.42. The molecule has 0 aliphatic carbocycles. The van der Waals surface area contributed by atoms with E-state index in [0.29, 0.717) is 46.7 Å². The molecule has 0 saturated carbocycles. The molecule has 0 aliphatic heterocycles. The molecule has 5 heterocycles. The van der Waals surface area contributed by atoms with Gasteiger partial charge in [-0.05, 0) is 60.7 Å². The lowest BCUT2D eigenvalue weighted by Gasteiger charge is -2.11. The van der Waals surface area contributed by atoms with Crippen molar-refractivity contribution >= 4 is 43.6 Å². The Kier molecular flexibility index (Phi) is 10.9. The van der Waals surface area contributed by atoms with E-state index in [9.17, 15) is 0 Å². The van der Waals surface area contributed by atoms with Crippen molar-refractivity contribution in [1.29, 1.82) is 0 Å². The topological polar surface area (TPSA) is 126 Å². The van der Waals surface area contributed by atoms with Crippen molar-refractivity contribution in [1.82, 2.24) is 49.2 Å². The Morgan fingerprint density at radius 3 is 0.911 bits per heavy atom. The van der Waals surface area contributed by atoms with Gasteiger partial charge >= 0.3 is 0 Å². The highest BCUT2D eigenvalue weighted by molar-refractivity contribution is 6.16. The summed E-state index contributed by atoms with van der Waals surface area (Å²) >= 11 is 0. The Labute approximate surface area is 452 Å². The Hall–Kier alpha value is -11.0. The third-order valence-electron chi connectivity index (χ3n) is 14.4. The molecule has 11 nitrogen and oxygen atoms in total. The first-order chi connectivity index (χ1) is 39.2. The van der Waals surface area contributed by atoms with E-state index in [-0.39, 0.29) is 0 Å². The summed E-state index contributed by atoms with van der Waals surface area (Å²) in [4.78, 5) is 30.1. The second-order valence-electron chi connectivity index (χ2n) is 19.2. The van der Waals surface area contributed by atoms with Crippen molar-refractivity contribution in [2.75, 3.05) is 0 Å². The summed E-state index contributed by atoms with van der Waals surface area (Å²) in [5.41, 5.74) is 13.0. The third kappa shape index (κ3) is 8.00. The molecule has 5 aromatic heterocycles. The van der Waals surface area contributed by atoms with Gasteiger partial charge in [-0.3, -0.25) is 0 Å². The molecule has 370 valence electrons. The molecule has 15 rings (SSSR count). The summed E-state index contributed by atoms with van der Waals surface area (Å²) < 4.78 is 11.4. The highest BCUT2D eigenvalue weighted by Gasteiger charge is 2.24. The molecule has 10 aromatic carbocycles. The average molecular weight is 1020 g/mol. The van der Waals surface area contributed by atoms with E-state index in [0.717, 1.165) is 99.5 Å². The van der Waals surface area contributed by atoms with Crippen LogP contribution >= 0.6 is 0 Å². The van der Waals surface area contributed by atoms with E-state index in [4.69, 9.17) is 44.5 Å². The van der Waals surface area contributed by atoms with Gasteiger partial charge in [0.1, 0.15) is 0 Å². The summed E-state index contributed by atoms with van der Waals surface area (Å²) in [7, 11) is 0. The molecule has 0 bridgehead atoms. The summed E-state index contributed by atoms with van der Waals surface area (Å²) in [5, 5.41) is 13.7. The smallest absolute Gasteiger partial charge is 0.248 e. The predicted octanol–water partition coefficient (Wildman–Crippen LogP) is 16.0. The van der Waals surface area contributed by atoms with Crippen molar-refractivity contribution in [3.05, 3.63) is 255 Å². The van der Waals surface area contributed by atoms with Gasteiger partial charge in [0.15, 0.2) is 34.9 Å². The summed E-state index contributed by atoms with van der Waals surface area (Å²) in [6.07, 6.45) is 0. The second kappa shape index (κ2) is 19.0. The van der Waals surface area contributed by atoms with Crippen LogP contribution in [0.5, 0.6) is 0 Å². The van der Waals surface area contributed by atoms with E-state index in [2.05, 4.69) is 143 Å². The molecule has 0 aliphatic rings. The van der Waals surface area contributed by atoms with Gasteiger partial charge in [0.2, 0.25) is 11.8 Å². The lowest BCUT2D eigenvalue weighted by atomic mass is 10.1. The average Bonchev–Trinajstić information content (AvgIpc) is 4.46. The van der Waals surface area contributed by atoms with Crippen LogP contribution in [0.25, 0.3) is 146 Å². The number of hydrogen-bond acceptors (Lipinski definition) is 9. The Morgan fingerprint density at radius 2 is 0.544 bits per heavy atom. The largest absolute Gasteiger partial charge is 0.416 e. The molecule has 79 heavy (non-hydrogen) atoms. The molecular formula is C68H42N10O. The van der Waals surface area contributed by atoms with E-state index in [1.165, 1.54) is 0 Å². The maximum absolute atomic E-state index is 6.86. The van der Waals surface area contributed by atoms with Crippen LogP contribution in [-0.4, -0.2) is 49.2 Å². The molecule has 11 heteroatoms. The minimum absolute atomic E-state index is 0.417. The fourth-order valence-corrected chi connectivity index (χ4v) is 10.8. The predicted molar refractivity (Wildman–Crippen MR) is 313 cm³/mol. The quantitative estimate of drug-likeness (QED) is 0.132. The van der Waals surface area contributed by atoms with Gasteiger partial charge in [0.25, 0.3) is 0 Å². The van der Waals surface area contributed by atoms with Crippen molar-refractivity contribution in [2.24, 2.45) is 0 Å². The summed E-state index contributed by atoms with van der Waals surface area (Å²) in [6.45, 7) is 0. The molecule has 0 radical (unpaired) electrons. The number of aromatic nitrogens is 10. The minimum atomic E-state index is 0.417. The molecule has 0 N–H and O–H groups in total. The lowest BCUT2D eigenvalue weighted by molar-refractivity contribution is 0.586. The Morgan fingerprint density at radius 1 is 0.253 bits per heavy atom. The molecule has 0 unspecified atom stereocenters. The zero-order chi connectivity index (χ0) is 52.2. The Balaban J connectivity index is 0.827.